The minimum atomic E-state index is -0.575. The Balaban J connectivity index is 2.21. The number of aryl methyl sites for hydroxylation is 3. The van der Waals surface area contributed by atoms with Crippen molar-refractivity contribution < 1.29 is 5.11 Å². The Morgan fingerprint density at radius 2 is 2.28 bits per heavy atom. The molecule has 0 aromatic carbocycles. The van der Waals surface area contributed by atoms with Crippen molar-refractivity contribution in [3.63, 3.8) is 0 Å². The van der Waals surface area contributed by atoms with E-state index in [-0.39, 0.29) is 0 Å². The molecule has 6 heteroatoms. The van der Waals surface area contributed by atoms with Gasteiger partial charge in [0.15, 0.2) is 0 Å². The quantitative estimate of drug-likeness (QED) is 0.940. The van der Waals surface area contributed by atoms with E-state index < -0.39 is 6.10 Å². The number of thiazole rings is 1. The van der Waals surface area contributed by atoms with Crippen LogP contribution in [0.15, 0.2) is 6.20 Å². The first-order valence-electron chi connectivity index (χ1n) is 5.83. The van der Waals surface area contributed by atoms with Gasteiger partial charge in [-0.25, -0.2) is 4.98 Å². The van der Waals surface area contributed by atoms with Gasteiger partial charge in [-0.15, -0.1) is 11.3 Å². The molecular formula is C12H16ClN3OS. The van der Waals surface area contributed by atoms with Gasteiger partial charge in [0, 0.05) is 19.7 Å². The molecule has 0 spiro atoms. The molecule has 0 aliphatic heterocycles. The third-order valence-electron chi connectivity index (χ3n) is 2.86. The molecule has 18 heavy (non-hydrogen) atoms. The van der Waals surface area contributed by atoms with Gasteiger partial charge in [-0.2, -0.15) is 5.10 Å². The van der Waals surface area contributed by atoms with E-state index in [4.69, 9.17) is 11.6 Å². The van der Waals surface area contributed by atoms with Crippen LogP contribution < -0.4 is 0 Å². The van der Waals surface area contributed by atoms with Gasteiger partial charge in [0.2, 0.25) is 0 Å². The van der Waals surface area contributed by atoms with Crippen LogP contribution in [0.3, 0.4) is 0 Å². The highest BCUT2D eigenvalue weighted by molar-refractivity contribution is 7.11. The van der Waals surface area contributed by atoms with Gasteiger partial charge in [0.25, 0.3) is 0 Å². The number of nitrogens with zero attached hydrogens (tertiary/aromatic N) is 3. The molecule has 1 atom stereocenters. The Hall–Kier alpha value is -0.910. The van der Waals surface area contributed by atoms with Crippen molar-refractivity contribution in [3.8, 4) is 0 Å². The van der Waals surface area contributed by atoms with Crippen molar-refractivity contribution in [2.24, 2.45) is 7.05 Å². The summed E-state index contributed by atoms with van der Waals surface area (Å²) in [6.45, 7) is 3.94. The predicted molar refractivity (Wildman–Crippen MR) is 73.1 cm³/mol. The second kappa shape index (κ2) is 5.38. The molecule has 1 N–H and O–H groups in total. The van der Waals surface area contributed by atoms with E-state index in [9.17, 15) is 5.11 Å². The van der Waals surface area contributed by atoms with E-state index in [0.29, 0.717) is 11.4 Å². The molecule has 4 nitrogen and oxygen atoms in total. The summed E-state index contributed by atoms with van der Waals surface area (Å²) in [6, 6.07) is 0. The number of hydrogen-bond donors (Lipinski definition) is 1. The van der Waals surface area contributed by atoms with E-state index in [2.05, 4.69) is 10.1 Å². The number of aliphatic hydroxyl groups is 1. The fourth-order valence-corrected chi connectivity index (χ4v) is 3.00. The normalized spacial score (nSPS) is 12.9. The highest BCUT2D eigenvalue weighted by atomic mass is 35.5. The zero-order chi connectivity index (χ0) is 13.3. The van der Waals surface area contributed by atoms with Crippen molar-refractivity contribution in [1.82, 2.24) is 14.8 Å². The lowest BCUT2D eigenvalue weighted by molar-refractivity contribution is 0.179. The lowest BCUT2D eigenvalue weighted by Gasteiger charge is -2.08. The maximum atomic E-state index is 10.2. The number of hydrogen-bond acceptors (Lipinski definition) is 4. The summed E-state index contributed by atoms with van der Waals surface area (Å²) in [5, 5.41) is 16.2. The smallest absolute Gasteiger partial charge is 0.0953 e. The maximum Gasteiger partial charge on any atom is 0.0953 e. The van der Waals surface area contributed by atoms with Crippen LogP contribution in [0, 0.1) is 6.92 Å². The first-order valence-corrected chi connectivity index (χ1v) is 7.03. The summed E-state index contributed by atoms with van der Waals surface area (Å²) in [5.41, 5.74) is 1.74. The molecule has 0 amide bonds. The fourth-order valence-electron chi connectivity index (χ4n) is 1.86. The third kappa shape index (κ3) is 2.58. The average Bonchev–Trinajstić information content (AvgIpc) is 2.87. The largest absolute Gasteiger partial charge is 0.387 e. The van der Waals surface area contributed by atoms with Gasteiger partial charge in [0.05, 0.1) is 32.4 Å². The SMILES string of the molecule is CCc1nn(C)c(CC(O)c2cnc(C)s2)c1Cl. The van der Waals surface area contributed by atoms with Crippen LogP contribution in [0.25, 0.3) is 0 Å². The molecule has 98 valence electrons. The van der Waals surface area contributed by atoms with Crippen LogP contribution in [0.5, 0.6) is 0 Å². The molecular weight excluding hydrogens is 270 g/mol. The van der Waals surface area contributed by atoms with Crippen LogP contribution in [0.4, 0.5) is 0 Å². The first-order chi connectivity index (χ1) is 8.52. The third-order valence-corrected chi connectivity index (χ3v) is 4.31. The molecule has 1 unspecified atom stereocenters. The van der Waals surface area contributed by atoms with E-state index in [0.717, 1.165) is 27.7 Å². The number of rotatable bonds is 4. The minimum absolute atomic E-state index is 0.462. The Morgan fingerprint density at radius 3 is 2.78 bits per heavy atom. The predicted octanol–water partition coefficient (Wildman–Crippen LogP) is 2.68. The van der Waals surface area contributed by atoms with Gasteiger partial charge in [-0.1, -0.05) is 18.5 Å². The molecule has 0 radical (unpaired) electrons. The zero-order valence-corrected chi connectivity index (χ0v) is 12.2. The fraction of sp³-hybridized carbons (Fsp3) is 0.500. The summed E-state index contributed by atoms with van der Waals surface area (Å²) >= 11 is 7.77. The highest BCUT2D eigenvalue weighted by Crippen LogP contribution is 2.28. The molecule has 2 aromatic heterocycles. The number of aromatic nitrogens is 3. The van der Waals surface area contributed by atoms with Crippen LogP contribution in [-0.2, 0) is 19.9 Å². The Labute approximate surface area is 115 Å². The van der Waals surface area contributed by atoms with E-state index in [1.165, 1.54) is 11.3 Å². The lowest BCUT2D eigenvalue weighted by atomic mass is 10.1. The summed E-state index contributed by atoms with van der Waals surface area (Å²) in [7, 11) is 1.85. The number of halogens is 1. The van der Waals surface area contributed by atoms with Crippen molar-refractivity contribution in [3.05, 3.63) is 32.5 Å². The Bertz CT molecular complexity index is 550. The molecule has 0 fully saturated rings. The molecule has 0 bridgehead atoms. The number of aliphatic hydroxyl groups excluding tert-OH is 1. The van der Waals surface area contributed by atoms with Gasteiger partial charge in [-0.05, 0) is 13.3 Å². The zero-order valence-electron chi connectivity index (χ0n) is 10.6. The Morgan fingerprint density at radius 1 is 1.56 bits per heavy atom. The molecule has 0 aliphatic rings. The second-order valence-corrected chi connectivity index (χ2v) is 5.83. The first kappa shape index (κ1) is 13.5. The molecule has 2 heterocycles. The topological polar surface area (TPSA) is 50.9 Å². The molecule has 0 saturated carbocycles. The van der Waals surface area contributed by atoms with Crippen LogP contribution in [0.2, 0.25) is 5.02 Å². The van der Waals surface area contributed by atoms with Crippen LogP contribution in [-0.4, -0.2) is 19.9 Å². The monoisotopic (exact) mass is 285 g/mol. The Kier molecular flexibility index (Phi) is 4.04. The summed E-state index contributed by atoms with van der Waals surface area (Å²) in [6.07, 6.45) is 2.40. The van der Waals surface area contributed by atoms with Gasteiger partial charge >= 0.3 is 0 Å². The van der Waals surface area contributed by atoms with Crippen molar-refractivity contribution in [1.29, 1.82) is 0 Å². The van der Waals surface area contributed by atoms with Gasteiger partial charge in [-0.3, -0.25) is 4.68 Å². The maximum absolute atomic E-state index is 10.2. The summed E-state index contributed by atoms with van der Waals surface area (Å²) < 4.78 is 1.75. The van der Waals surface area contributed by atoms with E-state index in [1.54, 1.807) is 10.9 Å². The van der Waals surface area contributed by atoms with E-state index >= 15 is 0 Å². The standard InChI is InChI=1S/C12H16ClN3OS/c1-4-8-12(13)9(16(3)15-8)5-10(17)11-6-14-7(2)18-11/h6,10,17H,4-5H2,1-3H3. The molecule has 2 aromatic rings. The second-order valence-electron chi connectivity index (χ2n) is 4.19. The molecule has 0 aliphatic carbocycles. The van der Waals surface area contributed by atoms with Crippen molar-refractivity contribution >= 4 is 22.9 Å². The van der Waals surface area contributed by atoms with E-state index in [1.807, 2.05) is 20.9 Å². The van der Waals surface area contributed by atoms with Crippen molar-refractivity contribution in [2.45, 2.75) is 32.8 Å². The van der Waals surface area contributed by atoms with Gasteiger partial charge < -0.3 is 5.11 Å². The average molecular weight is 286 g/mol. The van der Waals surface area contributed by atoms with Gasteiger partial charge in [0.1, 0.15) is 0 Å². The molecule has 2 rings (SSSR count). The minimum Gasteiger partial charge on any atom is -0.387 e. The van der Waals surface area contributed by atoms with Crippen LogP contribution >= 0.6 is 22.9 Å². The summed E-state index contributed by atoms with van der Waals surface area (Å²) in [4.78, 5) is 5.01. The lowest BCUT2D eigenvalue weighted by Crippen LogP contribution is -2.05. The molecule has 0 saturated heterocycles. The highest BCUT2D eigenvalue weighted by Gasteiger charge is 2.18. The van der Waals surface area contributed by atoms with Crippen molar-refractivity contribution in [2.75, 3.05) is 0 Å². The summed E-state index contributed by atoms with van der Waals surface area (Å²) in [5.74, 6) is 0. The van der Waals surface area contributed by atoms with Crippen LogP contribution in [0.1, 0.15) is 34.3 Å².